The summed E-state index contributed by atoms with van der Waals surface area (Å²) in [6.45, 7) is 0. The molecule has 1 atom stereocenters. The van der Waals surface area contributed by atoms with Crippen molar-refractivity contribution < 1.29 is 13.2 Å². The third-order valence-corrected chi connectivity index (χ3v) is 1.20. The first-order valence-electron chi connectivity index (χ1n) is 1.33. The van der Waals surface area contributed by atoms with E-state index in [0.29, 0.717) is 16.9 Å². The summed E-state index contributed by atoms with van der Waals surface area (Å²) in [5, 5.41) is -0.667. The average molecular weight is 160 g/mol. The summed E-state index contributed by atoms with van der Waals surface area (Å²) in [6.07, 6.45) is -3.93. The standard InChI is InChI=1S/C2H4AsF3/c3-1-2(4,5)6/h1,3H2. The van der Waals surface area contributed by atoms with Crippen LogP contribution in [0.4, 0.5) is 13.2 Å². The molecule has 0 bridgehead atoms. The number of alkyl halides is 3. The van der Waals surface area contributed by atoms with E-state index in [9.17, 15) is 13.2 Å². The first kappa shape index (κ1) is 6.35. The molecule has 0 heterocycles. The van der Waals surface area contributed by atoms with Gasteiger partial charge in [-0.1, -0.05) is 0 Å². The van der Waals surface area contributed by atoms with Crippen LogP contribution in [0.3, 0.4) is 0 Å². The quantitative estimate of drug-likeness (QED) is 0.455. The molecule has 0 aromatic heterocycles. The first-order chi connectivity index (χ1) is 2.56. The van der Waals surface area contributed by atoms with Crippen molar-refractivity contribution in [2.45, 2.75) is 11.4 Å². The molecule has 6 heavy (non-hydrogen) atoms. The maximum atomic E-state index is 10.8. The molecule has 0 saturated carbocycles. The third-order valence-electron chi connectivity index (χ3n) is 0.231. The molecule has 4 heteroatoms. The third kappa shape index (κ3) is 4.35. The Morgan fingerprint density at radius 1 is 1.33 bits per heavy atom. The van der Waals surface area contributed by atoms with Crippen LogP contribution < -0.4 is 0 Å². The molecule has 0 rings (SSSR count). The van der Waals surface area contributed by atoms with Crippen molar-refractivity contribution in [3.05, 3.63) is 0 Å². The van der Waals surface area contributed by atoms with Gasteiger partial charge < -0.3 is 0 Å². The van der Waals surface area contributed by atoms with Crippen LogP contribution >= 0.6 is 0 Å². The van der Waals surface area contributed by atoms with Gasteiger partial charge in [-0.2, -0.15) is 0 Å². The van der Waals surface area contributed by atoms with E-state index >= 15 is 0 Å². The van der Waals surface area contributed by atoms with Gasteiger partial charge in [0.2, 0.25) is 0 Å². The van der Waals surface area contributed by atoms with E-state index in [4.69, 9.17) is 0 Å². The summed E-state index contributed by atoms with van der Waals surface area (Å²) in [4.78, 5) is 0. The van der Waals surface area contributed by atoms with E-state index in [1.807, 2.05) is 0 Å². The van der Waals surface area contributed by atoms with Crippen LogP contribution in [0.2, 0.25) is 5.21 Å². The SMILES string of the molecule is FC(F)(F)C[AsH2]. The topological polar surface area (TPSA) is 0 Å². The Kier molecular flexibility index (Phi) is 1.98. The van der Waals surface area contributed by atoms with Crippen LogP contribution in [0, 0.1) is 0 Å². The number of hydrogen-bond acceptors (Lipinski definition) is 0. The second kappa shape index (κ2) is 1.87. The molecular formula is C2H4AsF3. The zero-order valence-corrected chi connectivity index (χ0v) is 5.34. The first-order valence-corrected chi connectivity index (χ1v) is 3.04. The summed E-state index contributed by atoms with van der Waals surface area (Å²) in [5.74, 6) is 0. The Morgan fingerprint density at radius 3 is 1.50 bits per heavy atom. The molecule has 0 aliphatic carbocycles. The minimum absolute atomic E-state index is 0.667. The predicted molar refractivity (Wildman–Crippen MR) is 19.4 cm³/mol. The normalized spacial score (nSPS) is 12.0. The molecule has 0 fully saturated rings. The van der Waals surface area contributed by atoms with Crippen molar-refractivity contribution in [2.75, 3.05) is 0 Å². The maximum absolute atomic E-state index is 10.8. The zero-order chi connectivity index (χ0) is 5.21. The van der Waals surface area contributed by atoms with E-state index in [2.05, 4.69) is 0 Å². The van der Waals surface area contributed by atoms with Crippen LogP contribution in [0.25, 0.3) is 0 Å². The molecule has 0 nitrogen and oxygen atoms in total. The summed E-state index contributed by atoms with van der Waals surface area (Å²) in [6, 6.07) is 0. The van der Waals surface area contributed by atoms with E-state index < -0.39 is 11.4 Å². The fourth-order valence-corrected chi connectivity index (χ4v) is 0. The van der Waals surface area contributed by atoms with Gasteiger partial charge in [-0.25, -0.2) is 0 Å². The number of hydrogen-bond donors (Lipinski definition) is 0. The van der Waals surface area contributed by atoms with Crippen LogP contribution in [-0.4, -0.2) is 23.0 Å². The number of rotatable bonds is 0. The van der Waals surface area contributed by atoms with Gasteiger partial charge in [0, 0.05) is 0 Å². The number of halogens is 3. The summed E-state index contributed by atoms with van der Waals surface area (Å²) in [7, 11) is 0. The van der Waals surface area contributed by atoms with Crippen molar-refractivity contribution in [3.8, 4) is 0 Å². The van der Waals surface area contributed by atoms with Crippen molar-refractivity contribution in [3.63, 3.8) is 0 Å². The van der Waals surface area contributed by atoms with E-state index in [0.717, 1.165) is 0 Å². The molecule has 0 aliphatic rings. The van der Waals surface area contributed by atoms with Crippen LogP contribution in [0.1, 0.15) is 0 Å². The Balaban J connectivity index is 3.17. The average Bonchev–Trinajstić information content (AvgIpc) is 1.35. The Bertz CT molecular complexity index is 38.5. The van der Waals surface area contributed by atoms with Crippen LogP contribution in [-0.2, 0) is 0 Å². The van der Waals surface area contributed by atoms with Gasteiger partial charge in [-0.15, -0.1) is 0 Å². The fourth-order valence-electron chi connectivity index (χ4n) is 0. The van der Waals surface area contributed by atoms with Gasteiger partial charge in [-0.05, 0) is 0 Å². The van der Waals surface area contributed by atoms with Crippen molar-refractivity contribution >= 4 is 16.9 Å². The second-order valence-electron chi connectivity index (χ2n) is 0.819. The van der Waals surface area contributed by atoms with Crippen molar-refractivity contribution in [2.24, 2.45) is 0 Å². The van der Waals surface area contributed by atoms with E-state index in [1.54, 1.807) is 0 Å². The monoisotopic (exact) mass is 160 g/mol. The van der Waals surface area contributed by atoms with E-state index in [1.165, 1.54) is 0 Å². The molecule has 1 unspecified atom stereocenters. The molecule has 0 spiro atoms. The van der Waals surface area contributed by atoms with Crippen LogP contribution in [0.5, 0.6) is 0 Å². The molecule has 0 aromatic carbocycles. The fraction of sp³-hybridized carbons (Fsp3) is 1.00. The molecule has 38 valence electrons. The molecule has 0 radical (unpaired) electrons. The van der Waals surface area contributed by atoms with Crippen molar-refractivity contribution in [1.29, 1.82) is 0 Å². The summed E-state index contributed by atoms with van der Waals surface area (Å²) >= 11 is 0.696. The zero-order valence-electron chi connectivity index (χ0n) is 2.92. The van der Waals surface area contributed by atoms with Crippen molar-refractivity contribution in [1.82, 2.24) is 0 Å². The molecule has 0 amide bonds. The Labute approximate surface area is 42.2 Å². The minimum atomic E-state index is -3.93. The van der Waals surface area contributed by atoms with Gasteiger partial charge in [0.15, 0.2) is 0 Å². The van der Waals surface area contributed by atoms with Gasteiger partial charge in [-0.3, -0.25) is 0 Å². The van der Waals surface area contributed by atoms with E-state index in [-0.39, 0.29) is 0 Å². The molecular weight excluding hydrogens is 156 g/mol. The van der Waals surface area contributed by atoms with Gasteiger partial charge >= 0.3 is 41.4 Å². The Hall–Kier alpha value is 0.348. The van der Waals surface area contributed by atoms with Gasteiger partial charge in [0.05, 0.1) is 0 Å². The second-order valence-corrected chi connectivity index (χ2v) is 1.68. The van der Waals surface area contributed by atoms with Gasteiger partial charge in [0.1, 0.15) is 0 Å². The Morgan fingerprint density at radius 2 is 1.50 bits per heavy atom. The molecule has 0 saturated heterocycles. The molecule has 0 N–H and O–H groups in total. The van der Waals surface area contributed by atoms with Gasteiger partial charge in [0.25, 0.3) is 0 Å². The molecule has 0 aromatic rings. The summed E-state index contributed by atoms with van der Waals surface area (Å²) < 4.78 is 32.4. The van der Waals surface area contributed by atoms with Crippen LogP contribution in [0.15, 0.2) is 0 Å². The predicted octanol–water partition coefficient (Wildman–Crippen LogP) is 0.600. The molecule has 0 aliphatic heterocycles. The summed E-state index contributed by atoms with van der Waals surface area (Å²) in [5.41, 5.74) is 0.